The smallest absolute Gasteiger partial charge is 0.251 e. The number of carbonyl (C=O) groups excluding carboxylic acids is 1. The van der Waals surface area contributed by atoms with Crippen molar-refractivity contribution in [2.24, 2.45) is 4.99 Å². The number of amides is 1. The van der Waals surface area contributed by atoms with Crippen molar-refractivity contribution in [3.8, 4) is 0 Å². The lowest BCUT2D eigenvalue weighted by Gasteiger charge is -2.30. The van der Waals surface area contributed by atoms with Gasteiger partial charge in [0.25, 0.3) is 5.91 Å². The van der Waals surface area contributed by atoms with Gasteiger partial charge in [-0.2, -0.15) is 0 Å². The minimum absolute atomic E-state index is 0.253. The van der Waals surface area contributed by atoms with Gasteiger partial charge in [-0.05, 0) is 43.9 Å². The third kappa shape index (κ3) is 6.58. The highest BCUT2D eigenvalue weighted by molar-refractivity contribution is 7.85. The molecule has 1 aliphatic carbocycles. The van der Waals surface area contributed by atoms with Crippen LogP contribution in [0.1, 0.15) is 48.5 Å². The molecule has 28 heavy (non-hydrogen) atoms. The number of nitrogens with zero attached hydrogens (tertiary/aromatic N) is 1. The predicted octanol–water partition coefficient (Wildman–Crippen LogP) is 2.11. The van der Waals surface area contributed by atoms with Crippen molar-refractivity contribution < 1.29 is 13.4 Å². The van der Waals surface area contributed by atoms with Gasteiger partial charge >= 0.3 is 0 Å². The molecule has 156 valence electrons. The number of guanidine groups is 1. The van der Waals surface area contributed by atoms with Crippen LogP contribution in [0, 0.1) is 12.7 Å². The number of benzene rings is 1. The van der Waals surface area contributed by atoms with Crippen LogP contribution in [0.4, 0.5) is 4.39 Å². The molecule has 0 saturated heterocycles. The zero-order valence-electron chi connectivity index (χ0n) is 16.9. The third-order valence-electron chi connectivity index (χ3n) is 4.98. The molecule has 0 bridgehead atoms. The van der Waals surface area contributed by atoms with Crippen LogP contribution in [0.5, 0.6) is 0 Å². The summed E-state index contributed by atoms with van der Waals surface area (Å²) < 4.78 is 25.6. The summed E-state index contributed by atoms with van der Waals surface area (Å²) in [6.45, 7) is 4.51. The molecule has 1 aliphatic rings. The molecule has 2 rings (SSSR count). The van der Waals surface area contributed by atoms with Gasteiger partial charge in [0.05, 0.1) is 0 Å². The van der Waals surface area contributed by atoms with Gasteiger partial charge in [-0.3, -0.25) is 14.0 Å². The minimum Gasteiger partial charge on any atom is -0.355 e. The average Bonchev–Trinajstić information content (AvgIpc) is 2.71. The van der Waals surface area contributed by atoms with Gasteiger partial charge in [-0.1, -0.05) is 19.4 Å². The predicted molar refractivity (Wildman–Crippen MR) is 113 cm³/mol. The zero-order chi connectivity index (χ0) is 20.5. The fourth-order valence-electron chi connectivity index (χ4n) is 3.33. The first-order valence-electron chi connectivity index (χ1n) is 9.83. The number of nitrogens with one attached hydrogen (secondary N) is 3. The van der Waals surface area contributed by atoms with Gasteiger partial charge < -0.3 is 16.0 Å². The van der Waals surface area contributed by atoms with Gasteiger partial charge in [0, 0.05) is 53.5 Å². The molecule has 1 saturated carbocycles. The SMILES string of the molecule is CCS(=O)C1CCCC(NC(=NC)NCCNC(=O)c2ccc(C)c(F)c2)C1. The highest BCUT2D eigenvalue weighted by Crippen LogP contribution is 2.22. The van der Waals surface area contributed by atoms with Crippen molar-refractivity contribution in [2.45, 2.75) is 50.8 Å². The fourth-order valence-corrected chi connectivity index (χ4v) is 4.68. The van der Waals surface area contributed by atoms with E-state index in [2.05, 4.69) is 20.9 Å². The van der Waals surface area contributed by atoms with Crippen molar-refractivity contribution in [1.82, 2.24) is 16.0 Å². The fraction of sp³-hybridized carbons (Fsp3) is 0.600. The summed E-state index contributed by atoms with van der Waals surface area (Å²) in [6, 6.07) is 4.71. The molecule has 0 radical (unpaired) electrons. The van der Waals surface area contributed by atoms with E-state index in [1.54, 1.807) is 26.1 Å². The van der Waals surface area contributed by atoms with E-state index in [1.165, 1.54) is 6.07 Å². The maximum Gasteiger partial charge on any atom is 0.251 e. The highest BCUT2D eigenvalue weighted by Gasteiger charge is 2.25. The standard InChI is InChI=1S/C20H31FN4O2S/c1-4-28(27)17-7-5-6-16(13-17)25-20(22-3)24-11-10-23-19(26)15-9-8-14(2)18(21)12-15/h8-9,12,16-17H,4-7,10-11,13H2,1-3H3,(H,23,26)(H2,22,24,25). The lowest BCUT2D eigenvalue weighted by atomic mass is 9.95. The Morgan fingerprint density at radius 3 is 2.71 bits per heavy atom. The molecule has 1 amide bonds. The normalized spacial score (nSPS) is 21.1. The van der Waals surface area contributed by atoms with Crippen LogP contribution in [-0.2, 0) is 10.8 Å². The summed E-state index contributed by atoms with van der Waals surface area (Å²) in [5, 5.41) is 9.59. The second-order valence-corrected chi connectivity index (χ2v) is 9.02. The van der Waals surface area contributed by atoms with Crippen LogP contribution >= 0.6 is 0 Å². The summed E-state index contributed by atoms with van der Waals surface area (Å²) in [6.07, 6.45) is 4.01. The van der Waals surface area contributed by atoms with E-state index in [1.807, 2.05) is 6.92 Å². The maximum atomic E-state index is 13.6. The van der Waals surface area contributed by atoms with E-state index in [0.717, 1.165) is 25.7 Å². The van der Waals surface area contributed by atoms with E-state index in [9.17, 15) is 13.4 Å². The molecule has 3 unspecified atom stereocenters. The van der Waals surface area contributed by atoms with E-state index >= 15 is 0 Å². The lowest BCUT2D eigenvalue weighted by Crippen LogP contribution is -2.48. The Labute approximate surface area is 169 Å². The second kappa shape index (κ2) is 11.1. The van der Waals surface area contributed by atoms with Crippen LogP contribution in [0.2, 0.25) is 0 Å². The van der Waals surface area contributed by atoms with E-state index in [-0.39, 0.29) is 23.0 Å². The van der Waals surface area contributed by atoms with Crippen molar-refractivity contribution in [3.63, 3.8) is 0 Å². The van der Waals surface area contributed by atoms with Crippen molar-refractivity contribution in [1.29, 1.82) is 0 Å². The monoisotopic (exact) mass is 410 g/mol. The van der Waals surface area contributed by atoms with Gasteiger partial charge in [-0.15, -0.1) is 0 Å². The molecule has 0 spiro atoms. The first-order valence-corrected chi connectivity index (χ1v) is 11.2. The summed E-state index contributed by atoms with van der Waals surface area (Å²) >= 11 is 0. The van der Waals surface area contributed by atoms with Crippen LogP contribution in [0.25, 0.3) is 0 Å². The third-order valence-corrected chi connectivity index (χ3v) is 6.72. The van der Waals surface area contributed by atoms with Crippen LogP contribution in [0.15, 0.2) is 23.2 Å². The van der Waals surface area contributed by atoms with E-state index < -0.39 is 10.8 Å². The summed E-state index contributed by atoms with van der Waals surface area (Å²) in [5.41, 5.74) is 0.823. The number of carbonyl (C=O) groups is 1. The van der Waals surface area contributed by atoms with Crippen LogP contribution in [-0.4, -0.2) is 53.3 Å². The summed E-state index contributed by atoms with van der Waals surface area (Å²) in [7, 11) is 0.943. The van der Waals surface area contributed by atoms with Crippen LogP contribution < -0.4 is 16.0 Å². The largest absolute Gasteiger partial charge is 0.355 e. The number of halogens is 1. The topological polar surface area (TPSA) is 82.6 Å². The maximum absolute atomic E-state index is 13.6. The van der Waals surface area contributed by atoms with Gasteiger partial charge in [0.15, 0.2) is 5.96 Å². The molecule has 3 N–H and O–H groups in total. The zero-order valence-corrected chi connectivity index (χ0v) is 17.7. The van der Waals surface area contributed by atoms with E-state index in [4.69, 9.17) is 0 Å². The number of aryl methyl sites for hydroxylation is 1. The number of aliphatic imine (C=N–C) groups is 1. The second-order valence-electron chi connectivity index (χ2n) is 7.02. The minimum atomic E-state index is -0.759. The quantitative estimate of drug-likeness (QED) is 0.365. The Morgan fingerprint density at radius 2 is 2.04 bits per heavy atom. The number of hydrogen-bond acceptors (Lipinski definition) is 3. The molecule has 6 nitrogen and oxygen atoms in total. The van der Waals surface area contributed by atoms with Crippen molar-refractivity contribution >= 4 is 22.7 Å². The van der Waals surface area contributed by atoms with Gasteiger partial charge in [0.1, 0.15) is 5.82 Å². The molecule has 1 aromatic rings. The molecular weight excluding hydrogens is 379 g/mol. The Balaban J connectivity index is 1.74. The van der Waals surface area contributed by atoms with Crippen molar-refractivity contribution in [3.05, 3.63) is 35.1 Å². The Bertz CT molecular complexity index is 726. The molecule has 0 aromatic heterocycles. The highest BCUT2D eigenvalue weighted by atomic mass is 32.2. The Kier molecular flexibility index (Phi) is 8.89. The first-order chi connectivity index (χ1) is 13.4. The van der Waals surface area contributed by atoms with Gasteiger partial charge in [-0.25, -0.2) is 4.39 Å². The summed E-state index contributed by atoms with van der Waals surface area (Å²) in [5.74, 6) is 0.684. The molecule has 0 aliphatic heterocycles. The molecular formula is C20H31FN4O2S. The average molecular weight is 411 g/mol. The Hall–Kier alpha value is -1.96. The molecule has 8 heteroatoms. The van der Waals surface area contributed by atoms with Crippen LogP contribution in [0.3, 0.4) is 0 Å². The number of rotatable bonds is 7. The lowest BCUT2D eigenvalue weighted by molar-refractivity contribution is 0.0954. The molecule has 1 fully saturated rings. The first kappa shape index (κ1) is 22.3. The van der Waals surface area contributed by atoms with Gasteiger partial charge in [0.2, 0.25) is 0 Å². The Morgan fingerprint density at radius 1 is 1.29 bits per heavy atom. The molecule has 3 atom stereocenters. The summed E-state index contributed by atoms with van der Waals surface area (Å²) in [4.78, 5) is 16.3. The molecule has 0 heterocycles. The van der Waals surface area contributed by atoms with Crippen molar-refractivity contribution in [2.75, 3.05) is 25.9 Å². The molecule has 1 aromatic carbocycles. The number of hydrogen-bond donors (Lipinski definition) is 3. The van der Waals surface area contributed by atoms with E-state index in [0.29, 0.717) is 35.9 Å².